The van der Waals surface area contributed by atoms with E-state index in [2.05, 4.69) is 32.9 Å². The van der Waals surface area contributed by atoms with Crippen molar-refractivity contribution in [3.8, 4) is 0 Å². The Morgan fingerprint density at radius 1 is 1.16 bits per heavy atom. The maximum atomic E-state index is 12.0. The first-order valence-electron chi connectivity index (χ1n) is 8.53. The number of carbonyl (C=O) groups is 1. The van der Waals surface area contributed by atoms with Gasteiger partial charge in [-0.3, -0.25) is 9.79 Å². The first kappa shape index (κ1) is 24.1. The number of hydrogen-bond acceptors (Lipinski definition) is 4. The summed E-state index contributed by atoms with van der Waals surface area (Å²) >= 11 is 1.74. The zero-order valence-corrected chi connectivity index (χ0v) is 19.3. The molecule has 1 amide bonds. The molecule has 0 bridgehead atoms. The molecule has 25 heavy (non-hydrogen) atoms. The van der Waals surface area contributed by atoms with Crippen LogP contribution in [0.2, 0.25) is 0 Å². The molecule has 0 spiro atoms. The Bertz CT molecular complexity index is 552. The molecule has 6 nitrogen and oxygen atoms in total. The highest BCUT2D eigenvalue weighted by Gasteiger charge is 2.26. The van der Waals surface area contributed by atoms with E-state index in [-0.39, 0.29) is 29.9 Å². The van der Waals surface area contributed by atoms with Crippen LogP contribution in [0.1, 0.15) is 43.3 Å². The summed E-state index contributed by atoms with van der Waals surface area (Å²) in [6.07, 6.45) is 0.865. The van der Waals surface area contributed by atoms with Crippen LogP contribution in [0.5, 0.6) is 0 Å². The van der Waals surface area contributed by atoms with Crippen molar-refractivity contribution in [2.45, 2.75) is 48.0 Å². The van der Waals surface area contributed by atoms with Crippen LogP contribution in [0.3, 0.4) is 0 Å². The van der Waals surface area contributed by atoms with Gasteiger partial charge in [-0.15, -0.1) is 35.3 Å². The lowest BCUT2D eigenvalue weighted by Gasteiger charge is -2.22. The van der Waals surface area contributed by atoms with Gasteiger partial charge in [0.2, 0.25) is 5.91 Å². The van der Waals surface area contributed by atoms with Crippen LogP contribution < -0.4 is 16.0 Å². The summed E-state index contributed by atoms with van der Waals surface area (Å²) in [5.74, 6) is 0.762. The summed E-state index contributed by atoms with van der Waals surface area (Å²) in [5, 5.41) is 10.5. The van der Waals surface area contributed by atoms with E-state index in [9.17, 15) is 4.79 Å². The first-order chi connectivity index (χ1) is 11.3. The van der Waals surface area contributed by atoms with Crippen LogP contribution in [0, 0.1) is 19.3 Å². The smallest absolute Gasteiger partial charge is 0.227 e. The summed E-state index contributed by atoms with van der Waals surface area (Å²) in [6.45, 7) is 14.5. The number of nitrogens with zero attached hydrogens (tertiary/aromatic N) is 2. The molecule has 0 saturated heterocycles. The van der Waals surface area contributed by atoms with Gasteiger partial charge in [0.15, 0.2) is 5.96 Å². The van der Waals surface area contributed by atoms with Crippen molar-refractivity contribution >= 4 is 47.2 Å². The van der Waals surface area contributed by atoms with Crippen molar-refractivity contribution in [2.24, 2.45) is 10.4 Å². The topological polar surface area (TPSA) is 78.4 Å². The maximum Gasteiger partial charge on any atom is 0.227 e. The van der Waals surface area contributed by atoms with E-state index in [0.29, 0.717) is 13.1 Å². The van der Waals surface area contributed by atoms with Crippen LogP contribution in [0.25, 0.3) is 0 Å². The molecule has 0 aliphatic heterocycles. The third-order valence-electron chi connectivity index (χ3n) is 3.63. The number of amides is 1. The lowest BCUT2D eigenvalue weighted by atomic mass is 9.92. The molecule has 1 rings (SSSR count). The van der Waals surface area contributed by atoms with Gasteiger partial charge in [0.05, 0.1) is 22.7 Å². The van der Waals surface area contributed by atoms with Gasteiger partial charge in [0.1, 0.15) is 0 Å². The fourth-order valence-electron chi connectivity index (χ4n) is 2.02. The van der Waals surface area contributed by atoms with Gasteiger partial charge in [0.25, 0.3) is 0 Å². The van der Waals surface area contributed by atoms with Crippen molar-refractivity contribution in [1.82, 2.24) is 20.9 Å². The Balaban J connectivity index is 0.00000576. The summed E-state index contributed by atoms with van der Waals surface area (Å²) in [5.41, 5.74) is 0.585. The van der Waals surface area contributed by atoms with Gasteiger partial charge in [-0.05, 0) is 41.5 Å². The Morgan fingerprint density at radius 2 is 1.80 bits per heavy atom. The molecule has 0 aliphatic carbocycles. The lowest BCUT2D eigenvalue weighted by Crippen LogP contribution is -2.42. The second-order valence-corrected chi connectivity index (χ2v) is 7.65. The number of aliphatic imine (C=N–C) groups is 1. The molecule has 0 saturated carbocycles. The molecule has 0 radical (unpaired) electrons. The zero-order valence-electron chi connectivity index (χ0n) is 16.2. The van der Waals surface area contributed by atoms with E-state index in [1.165, 1.54) is 4.88 Å². The van der Waals surface area contributed by atoms with Crippen LogP contribution in [0.4, 0.5) is 0 Å². The number of nitrogens with one attached hydrogen (secondary N) is 3. The van der Waals surface area contributed by atoms with E-state index in [0.717, 1.165) is 36.2 Å². The molecular weight excluding hydrogens is 449 g/mol. The SMILES string of the molecule is CCNC(=O)C(C)(C)CN=C(NCC)NCCc1nc(C)c(C)s1.I. The van der Waals surface area contributed by atoms with Crippen LogP contribution in [0.15, 0.2) is 4.99 Å². The van der Waals surface area contributed by atoms with E-state index in [1.807, 2.05) is 34.6 Å². The highest BCUT2D eigenvalue weighted by molar-refractivity contribution is 14.0. The number of carbonyl (C=O) groups excluding carboxylic acids is 1. The average molecular weight is 481 g/mol. The van der Waals surface area contributed by atoms with Gasteiger partial charge in [-0.2, -0.15) is 0 Å². The number of hydrogen-bond donors (Lipinski definition) is 3. The number of thiazole rings is 1. The summed E-state index contributed by atoms with van der Waals surface area (Å²) in [6, 6.07) is 0. The van der Waals surface area contributed by atoms with Crippen molar-refractivity contribution in [3.63, 3.8) is 0 Å². The molecule has 1 aromatic heterocycles. The summed E-state index contributed by atoms with van der Waals surface area (Å²) in [4.78, 5) is 22.4. The normalized spacial score (nSPS) is 11.7. The summed E-state index contributed by atoms with van der Waals surface area (Å²) in [7, 11) is 0. The van der Waals surface area contributed by atoms with Crippen LogP contribution in [-0.4, -0.2) is 43.0 Å². The number of rotatable bonds is 8. The molecule has 1 heterocycles. The second-order valence-electron chi connectivity index (χ2n) is 6.36. The van der Waals surface area contributed by atoms with Gasteiger partial charge < -0.3 is 16.0 Å². The highest BCUT2D eigenvalue weighted by Crippen LogP contribution is 2.17. The van der Waals surface area contributed by atoms with E-state index < -0.39 is 5.41 Å². The van der Waals surface area contributed by atoms with Crippen LogP contribution >= 0.6 is 35.3 Å². The molecule has 0 aromatic carbocycles. The predicted molar refractivity (Wildman–Crippen MR) is 117 cm³/mol. The minimum Gasteiger partial charge on any atom is -0.357 e. The monoisotopic (exact) mass is 481 g/mol. The summed E-state index contributed by atoms with van der Waals surface area (Å²) < 4.78 is 0. The Labute approximate surface area is 172 Å². The third kappa shape index (κ3) is 8.35. The van der Waals surface area contributed by atoms with Gasteiger partial charge in [-0.25, -0.2) is 4.98 Å². The van der Waals surface area contributed by atoms with Gasteiger partial charge in [-0.1, -0.05) is 0 Å². The van der Waals surface area contributed by atoms with Gasteiger partial charge >= 0.3 is 0 Å². The van der Waals surface area contributed by atoms with E-state index in [4.69, 9.17) is 0 Å². The fourth-order valence-corrected chi connectivity index (χ4v) is 2.96. The lowest BCUT2D eigenvalue weighted by molar-refractivity contribution is -0.128. The minimum atomic E-state index is -0.526. The van der Waals surface area contributed by atoms with E-state index >= 15 is 0 Å². The van der Waals surface area contributed by atoms with Crippen molar-refractivity contribution in [3.05, 3.63) is 15.6 Å². The molecule has 0 atom stereocenters. The Kier molecular flexibility index (Phi) is 11.2. The molecule has 0 unspecified atom stereocenters. The molecular formula is C17H32IN5OS. The quantitative estimate of drug-likeness (QED) is 0.303. The molecule has 3 N–H and O–H groups in total. The Morgan fingerprint density at radius 3 is 2.32 bits per heavy atom. The molecule has 0 aliphatic rings. The second kappa shape index (κ2) is 11.7. The first-order valence-corrected chi connectivity index (χ1v) is 9.35. The standard InChI is InChI=1S/C17H31N5OS.HI/c1-7-18-15(23)17(5,6)11-21-16(19-8-2)20-10-9-14-22-12(3)13(4)24-14;/h7-11H2,1-6H3,(H,18,23)(H2,19,20,21);1H. The third-order valence-corrected chi connectivity index (χ3v) is 4.77. The number of guanidine groups is 1. The number of halogens is 1. The minimum absolute atomic E-state index is 0. The zero-order chi connectivity index (χ0) is 18.2. The van der Waals surface area contributed by atoms with Crippen molar-refractivity contribution < 1.29 is 4.79 Å². The van der Waals surface area contributed by atoms with Crippen molar-refractivity contribution in [1.29, 1.82) is 0 Å². The van der Waals surface area contributed by atoms with Gasteiger partial charge in [0, 0.05) is 30.9 Å². The Hall–Kier alpha value is -0.900. The maximum absolute atomic E-state index is 12.0. The predicted octanol–water partition coefficient (Wildman–Crippen LogP) is 2.64. The molecule has 0 fully saturated rings. The van der Waals surface area contributed by atoms with Crippen LogP contribution in [-0.2, 0) is 11.2 Å². The molecule has 8 heteroatoms. The average Bonchev–Trinajstić information content (AvgIpc) is 2.83. The van der Waals surface area contributed by atoms with Crippen molar-refractivity contribution in [2.75, 3.05) is 26.2 Å². The molecule has 144 valence electrons. The highest BCUT2D eigenvalue weighted by atomic mass is 127. The molecule has 1 aromatic rings. The number of aryl methyl sites for hydroxylation is 2. The fraction of sp³-hybridized carbons (Fsp3) is 0.706. The van der Waals surface area contributed by atoms with E-state index in [1.54, 1.807) is 11.3 Å². The largest absolute Gasteiger partial charge is 0.357 e. The number of aromatic nitrogens is 1.